The Bertz CT molecular complexity index is 2300. The summed E-state index contributed by atoms with van der Waals surface area (Å²) >= 11 is 0. The third-order valence-electron chi connectivity index (χ3n) is 6.64. The number of rotatable bonds is 3. The highest BCUT2D eigenvalue weighted by molar-refractivity contribution is 6.20. The highest BCUT2D eigenvalue weighted by Gasteiger charge is 2.18. The normalized spacial score (nSPS) is 14.4. The molecule has 0 spiro atoms. The van der Waals surface area contributed by atoms with Gasteiger partial charge in [0, 0.05) is 0 Å². The van der Waals surface area contributed by atoms with E-state index in [0.29, 0.717) is 27.6 Å². The lowest BCUT2D eigenvalue weighted by Gasteiger charge is -2.19. The minimum Gasteiger partial charge on any atom is -0.0622 e. The van der Waals surface area contributed by atoms with Gasteiger partial charge >= 0.3 is 0 Å². The van der Waals surface area contributed by atoms with Crippen LogP contribution < -0.4 is 0 Å². The molecule has 0 heteroatoms. The van der Waals surface area contributed by atoms with Gasteiger partial charge in [0.15, 0.2) is 0 Å². The van der Waals surface area contributed by atoms with Crippen LogP contribution in [0.25, 0.3) is 65.7 Å². The summed E-state index contributed by atoms with van der Waals surface area (Å²) < 4.78 is 71.4. The quantitative estimate of drug-likeness (QED) is 0.228. The fraction of sp³-hybridized carbons (Fsp3) is 0. The van der Waals surface area contributed by atoms with E-state index in [-0.39, 0.29) is 52.4 Å². The summed E-state index contributed by atoms with van der Waals surface area (Å²) in [5.74, 6) is 0. The zero-order valence-electron chi connectivity index (χ0n) is 27.2. The van der Waals surface area contributed by atoms with Crippen LogP contribution in [-0.2, 0) is 0 Å². The molecule has 0 aliphatic rings. The Hall–Kier alpha value is -4.68. The van der Waals surface area contributed by atoms with Crippen molar-refractivity contribution in [3.63, 3.8) is 0 Å². The summed E-state index contributed by atoms with van der Waals surface area (Å²) in [5.41, 5.74) is 3.72. The van der Waals surface area contributed by atoms with E-state index in [0.717, 1.165) is 21.9 Å². The van der Waals surface area contributed by atoms with Crippen LogP contribution in [0.15, 0.2) is 145 Å². The molecule has 0 unspecified atom stereocenters. The van der Waals surface area contributed by atoms with Crippen LogP contribution in [0.2, 0.25) is 0 Å². The molecule has 0 N–H and O–H groups in total. The molecule has 0 radical (unpaired) electrons. The maximum Gasteiger partial charge on any atom is 0.0636 e. The molecular weight excluding hydrogens is 432 g/mol. The SMILES string of the molecule is [2H]c1c([2H])c([2H])c2c(-c3ccccc3)c3c(-c4c(-c5ccccc5)ccc5ccccc45)c([2H])c([2H])c([2H])c3c([2H])c2c1[2H]. The number of hydrogen-bond acceptors (Lipinski definition) is 0. The molecule has 7 rings (SSSR count). The first-order valence-corrected chi connectivity index (χ1v) is 11.8. The minimum absolute atomic E-state index is 0.0138. The number of benzene rings is 7. The Balaban J connectivity index is 1.86. The van der Waals surface area contributed by atoms with Crippen molar-refractivity contribution in [1.29, 1.82) is 0 Å². The summed E-state index contributed by atoms with van der Waals surface area (Å²) in [6, 6.07) is 27.9. The second-order valence-corrected chi connectivity index (χ2v) is 8.69. The van der Waals surface area contributed by atoms with E-state index in [9.17, 15) is 2.74 Å². The highest BCUT2D eigenvalue weighted by atomic mass is 14.2. The van der Waals surface area contributed by atoms with Gasteiger partial charge in [-0.15, -0.1) is 0 Å². The average molecular weight is 465 g/mol. The standard InChI is InChI=1S/C36H24/c1-3-12-25(13-4-1)32-23-22-26-14-7-9-19-30(26)36(32)33-21-11-18-29-24-28-17-8-10-20-31(28)34(35(29)33)27-15-5-2-6-16-27/h1-24H/i8D,10D,11D,17D,18D,20D,21D,24D. The van der Waals surface area contributed by atoms with Gasteiger partial charge in [-0.1, -0.05) is 139 Å². The maximum absolute atomic E-state index is 9.38. The number of fused-ring (bicyclic) bond motifs is 3. The molecule has 0 amide bonds. The van der Waals surface area contributed by atoms with E-state index in [1.807, 2.05) is 97.1 Å². The Morgan fingerprint density at radius 3 is 1.94 bits per heavy atom. The Morgan fingerprint density at radius 1 is 0.417 bits per heavy atom. The summed E-state index contributed by atoms with van der Waals surface area (Å²) in [5, 5.41) is 2.29. The molecule has 7 aromatic carbocycles. The topological polar surface area (TPSA) is 0 Å². The van der Waals surface area contributed by atoms with Crippen LogP contribution in [0.1, 0.15) is 11.0 Å². The lowest BCUT2D eigenvalue weighted by molar-refractivity contribution is 1.62. The molecule has 0 aliphatic heterocycles. The fourth-order valence-corrected chi connectivity index (χ4v) is 5.07. The molecule has 0 aromatic heterocycles. The van der Waals surface area contributed by atoms with E-state index in [4.69, 9.17) is 8.22 Å². The monoisotopic (exact) mass is 464 g/mol. The Kier molecular flexibility index (Phi) is 3.32. The summed E-state index contributed by atoms with van der Waals surface area (Å²) in [6.07, 6.45) is 0. The zero-order chi connectivity index (χ0) is 30.9. The van der Waals surface area contributed by atoms with Gasteiger partial charge in [-0.2, -0.15) is 0 Å². The van der Waals surface area contributed by atoms with Crippen molar-refractivity contribution in [3.05, 3.63) is 145 Å². The van der Waals surface area contributed by atoms with E-state index < -0.39 is 12.1 Å². The first kappa shape index (κ1) is 14.0. The second-order valence-electron chi connectivity index (χ2n) is 8.69. The maximum atomic E-state index is 9.38. The van der Waals surface area contributed by atoms with Crippen molar-refractivity contribution in [1.82, 2.24) is 0 Å². The van der Waals surface area contributed by atoms with Gasteiger partial charge in [-0.3, -0.25) is 0 Å². The minimum atomic E-state index is -0.468. The molecule has 168 valence electrons. The highest BCUT2D eigenvalue weighted by Crippen LogP contribution is 2.46. The van der Waals surface area contributed by atoms with Gasteiger partial charge in [0.25, 0.3) is 0 Å². The third-order valence-corrected chi connectivity index (χ3v) is 6.64. The van der Waals surface area contributed by atoms with Gasteiger partial charge in [0.1, 0.15) is 0 Å². The first-order chi connectivity index (χ1) is 21.2. The lowest BCUT2D eigenvalue weighted by Crippen LogP contribution is -1.92. The smallest absolute Gasteiger partial charge is 0.0622 e. The fourth-order valence-electron chi connectivity index (χ4n) is 5.07. The lowest BCUT2D eigenvalue weighted by atomic mass is 9.83. The molecule has 0 saturated carbocycles. The van der Waals surface area contributed by atoms with Crippen LogP contribution in [0.3, 0.4) is 0 Å². The van der Waals surface area contributed by atoms with Crippen molar-refractivity contribution in [2.24, 2.45) is 0 Å². The van der Waals surface area contributed by atoms with Crippen LogP contribution in [0.5, 0.6) is 0 Å². The largest absolute Gasteiger partial charge is 0.0636 e. The van der Waals surface area contributed by atoms with Crippen molar-refractivity contribution < 1.29 is 11.0 Å². The molecule has 0 aliphatic carbocycles. The van der Waals surface area contributed by atoms with Crippen LogP contribution in [0, 0.1) is 0 Å². The van der Waals surface area contributed by atoms with Crippen molar-refractivity contribution >= 4 is 32.3 Å². The van der Waals surface area contributed by atoms with E-state index in [1.54, 1.807) is 0 Å². The van der Waals surface area contributed by atoms with E-state index in [2.05, 4.69) is 0 Å². The molecular formula is C36H24. The summed E-state index contributed by atoms with van der Waals surface area (Å²) in [7, 11) is 0. The third kappa shape index (κ3) is 3.31. The van der Waals surface area contributed by atoms with Gasteiger partial charge in [0.2, 0.25) is 0 Å². The van der Waals surface area contributed by atoms with E-state index in [1.165, 1.54) is 0 Å². The molecule has 0 saturated heterocycles. The predicted molar refractivity (Wildman–Crippen MR) is 155 cm³/mol. The van der Waals surface area contributed by atoms with Gasteiger partial charge in [-0.25, -0.2) is 0 Å². The van der Waals surface area contributed by atoms with Crippen LogP contribution in [-0.4, -0.2) is 0 Å². The van der Waals surface area contributed by atoms with E-state index >= 15 is 0 Å². The van der Waals surface area contributed by atoms with Gasteiger partial charge < -0.3 is 0 Å². The Labute approximate surface area is 222 Å². The second kappa shape index (κ2) is 8.52. The van der Waals surface area contributed by atoms with Gasteiger partial charge in [-0.05, 0) is 71.7 Å². The summed E-state index contributed by atoms with van der Waals surface area (Å²) in [6.45, 7) is 0. The first-order valence-electron chi connectivity index (χ1n) is 15.8. The zero-order valence-corrected chi connectivity index (χ0v) is 19.2. The molecule has 0 fully saturated rings. The molecule has 0 atom stereocenters. The molecule has 0 bridgehead atoms. The predicted octanol–water partition coefficient (Wildman–Crippen LogP) is 10.1. The van der Waals surface area contributed by atoms with Gasteiger partial charge in [0.05, 0.1) is 11.0 Å². The molecule has 7 aromatic rings. The molecule has 0 nitrogen and oxygen atoms in total. The number of hydrogen-bond donors (Lipinski definition) is 0. The van der Waals surface area contributed by atoms with Crippen molar-refractivity contribution in [2.45, 2.75) is 0 Å². The van der Waals surface area contributed by atoms with Crippen LogP contribution >= 0.6 is 0 Å². The van der Waals surface area contributed by atoms with Crippen molar-refractivity contribution in [3.8, 4) is 33.4 Å². The Morgan fingerprint density at radius 2 is 1.11 bits per heavy atom. The van der Waals surface area contributed by atoms with Crippen molar-refractivity contribution in [2.75, 3.05) is 0 Å². The summed E-state index contributed by atoms with van der Waals surface area (Å²) in [4.78, 5) is 0. The molecule has 36 heavy (non-hydrogen) atoms. The molecule has 0 heterocycles. The average Bonchev–Trinajstić information content (AvgIpc) is 3.05. The van der Waals surface area contributed by atoms with Crippen LogP contribution in [0.4, 0.5) is 0 Å².